The molecule has 2 nitrogen and oxygen atoms in total. The van der Waals surface area contributed by atoms with Gasteiger partial charge in [-0.15, -0.1) is 0 Å². The van der Waals surface area contributed by atoms with E-state index in [0.29, 0.717) is 6.42 Å². The number of hydrogen-bond acceptors (Lipinski definition) is 1. The number of aliphatic carboxylic acids is 1. The summed E-state index contributed by atoms with van der Waals surface area (Å²) < 4.78 is 0. The van der Waals surface area contributed by atoms with E-state index in [4.69, 9.17) is 5.11 Å². The molecule has 0 amide bonds. The first-order chi connectivity index (χ1) is 9.77. The van der Waals surface area contributed by atoms with E-state index < -0.39 is 5.97 Å². The molecule has 0 saturated heterocycles. The van der Waals surface area contributed by atoms with Crippen molar-refractivity contribution in [3.8, 4) is 0 Å². The van der Waals surface area contributed by atoms with Gasteiger partial charge in [-0.25, -0.2) is 0 Å². The van der Waals surface area contributed by atoms with Gasteiger partial charge in [0.05, 0.1) is 0 Å². The molecule has 1 N–H and O–H groups in total. The van der Waals surface area contributed by atoms with Crippen molar-refractivity contribution in [2.24, 2.45) is 0 Å². The van der Waals surface area contributed by atoms with Crippen molar-refractivity contribution in [2.75, 3.05) is 0 Å². The third kappa shape index (κ3) is 23.1. The summed E-state index contributed by atoms with van der Waals surface area (Å²) in [6.45, 7) is 2.27. The van der Waals surface area contributed by atoms with Crippen LogP contribution in [-0.2, 0) is 4.79 Å². The molecular weight excluding hydrogens is 288 g/mol. The first kappa shape index (κ1) is 24.0. The van der Waals surface area contributed by atoms with Gasteiger partial charge in [0, 0.05) is 6.42 Å². The Kier molecular flexibility index (Phi) is 23.7. The third-order valence-corrected chi connectivity index (χ3v) is 3.99. The molecule has 0 aliphatic heterocycles. The maximum absolute atomic E-state index is 10.3. The molecule has 21 heavy (non-hydrogen) atoms. The molecule has 0 saturated carbocycles. The minimum absolute atomic E-state index is 0. The van der Waals surface area contributed by atoms with Crippen molar-refractivity contribution in [1.29, 1.82) is 0 Å². The molecule has 0 radical (unpaired) electrons. The topological polar surface area (TPSA) is 37.3 Å². The Bertz CT molecular complexity index is 207. The van der Waals surface area contributed by atoms with E-state index in [2.05, 4.69) is 6.92 Å². The molecule has 0 spiro atoms. The summed E-state index contributed by atoms with van der Waals surface area (Å²) in [4.78, 5) is 10.3. The van der Waals surface area contributed by atoms with E-state index in [1.54, 1.807) is 0 Å². The van der Waals surface area contributed by atoms with Gasteiger partial charge in [0.1, 0.15) is 0 Å². The molecule has 0 atom stereocenters. The van der Waals surface area contributed by atoms with Crippen LogP contribution < -0.4 is 0 Å². The maximum atomic E-state index is 10.3. The summed E-state index contributed by atoms with van der Waals surface area (Å²) in [6, 6.07) is 0. The van der Waals surface area contributed by atoms with E-state index >= 15 is 0 Å². The summed E-state index contributed by atoms with van der Waals surface area (Å²) in [7, 11) is 0. The summed E-state index contributed by atoms with van der Waals surface area (Å²) in [5, 5.41) is 8.52. The Hall–Kier alpha value is 0.730. The van der Waals surface area contributed by atoms with Gasteiger partial charge in [-0.1, -0.05) is 96.8 Å². The van der Waals surface area contributed by atoms with Crippen molar-refractivity contribution in [2.45, 2.75) is 110 Å². The standard InChI is InChI=1S/C18H36O2.Ca.2H/c1-2-3-4-5-6-7-8-9-10-11-12-13-14-15-16-17-18(19)20;;;/h2-17H2,1H3,(H,19,20);;;. The number of carbonyl (C=O) groups is 1. The van der Waals surface area contributed by atoms with E-state index in [-0.39, 0.29) is 37.7 Å². The molecule has 0 aliphatic carbocycles. The van der Waals surface area contributed by atoms with Gasteiger partial charge in [-0.3, -0.25) is 4.79 Å². The molecule has 0 rings (SSSR count). The predicted molar refractivity (Wildman–Crippen MR) is 95.7 cm³/mol. The Morgan fingerprint density at radius 3 is 1.19 bits per heavy atom. The SMILES string of the molecule is CCCCCCCCCCCCCCCCCC(=O)O.[CaH2]. The second kappa shape index (κ2) is 20.7. The van der Waals surface area contributed by atoms with Crippen LogP contribution >= 0.6 is 0 Å². The Balaban J connectivity index is 0. The molecule has 0 fully saturated rings. The van der Waals surface area contributed by atoms with Crippen molar-refractivity contribution >= 4 is 43.7 Å². The van der Waals surface area contributed by atoms with E-state index in [0.717, 1.165) is 12.8 Å². The zero-order valence-electron chi connectivity index (χ0n) is 13.7. The second-order valence-corrected chi connectivity index (χ2v) is 6.09. The number of carboxylic acid groups (broad SMARTS) is 1. The van der Waals surface area contributed by atoms with Gasteiger partial charge >= 0.3 is 43.7 Å². The van der Waals surface area contributed by atoms with Crippen LogP contribution in [0.2, 0.25) is 0 Å². The van der Waals surface area contributed by atoms with Crippen molar-refractivity contribution in [1.82, 2.24) is 0 Å². The molecule has 0 unspecified atom stereocenters. The van der Waals surface area contributed by atoms with Gasteiger partial charge in [-0.05, 0) is 6.42 Å². The fraction of sp³-hybridized carbons (Fsp3) is 0.944. The van der Waals surface area contributed by atoms with Gasteiger partial charge < -0.3 is 5.11 Å². The molecule has 0 heterocycles. The van der Waals surface area contributed by atoms with Crippen LogP contribution in [0.3, 0.4) is 0 Å². The zero-order chi connectivity index (χ0) is 14.9. The van der Waals surface area contributed by atoms with Crippen molar-refractivity contribution < 1.29 is 9.90 Å². The molecule has 124 valence electrons. The number of unbranched alkanes of at least 4 members (excludes halogenated alkanes) is 14. The van der Waals surface area contributed by atoms with Crippen LogP contribution in [0.25, 0.3) is 0 Å². The summed E-state index contributed by atoms with van der Waals surface area (Å²) in [5.74, 6) is -0.653. The number of rotatable bonds is 16. The average molecular weight is 327 g/mol. The molecule has 0 aromatic rings. The van der Waals surface area contributed by atoms with Crippen LogP contribution in [0.4, 0.5) is 0 Å². The Labute approximate surface area is 162 Å². The van der Waals surface area contributed by atoms with Gasteiger partial charge in [0.25, 0.3) is 0 Å². The molecule has 0 aromatic heterocycles. The van der Waals surface area contributed by atoms with Crippen LogP contribution in [-0.4, -0.2) is 48.8 Å². The van der Waals surface area contributed by atoms with Crippen LogP contribution in [0, 0.1) is 0 Å². The van der Waals surface area contributed by atoms with Crippen molar-refractivity contribution in [3.05, 3.63) is 0 Å². The van der Waals surface area contributed by atoms with E-state index in [1.165, 1.54) is 83.5 Å². The molecule has 0 bridgehead atoms. The van der Waals surface area contributed by atoms with Gasteiger partial charge in [-0.2, -0.15) is 0 Å². The molecule has 3 heteroatoms. The van der Waals surface area contributed by atoms with Gasteiger partial charge in [0.15, 0.2) is 0 Å². The van der Waals surface area contributed by atoms with Crippen molar-refractivity contribution in [3.63, 3.8) is 0 Å². The third-order valence-electron chi connectivity index (χ3n) is 3.99. The average Bonchev–Trinajstić information content (AvgIpc) is 2.43. The second-order valence-electron chi connectivity index (χ2n) is 6.09. The predicted octanol–water partition coefficient (Wildman–Crippen LogP) is 5.42. The summed E-state index contributed by atoms with van der Waals surface area (Å²) >= 11 is 0. The number of hydrogen-bond donors (Lipinski definition) is 1. The van der Waals surface area contributed by atoms with Crippen LogP contribution in [0.5, 0.6) is 0 Å². The molecular formula is C18H38CaO2. The minimum atomic E-state index is -0.653. The van der Waals surface area contributed by atoms with Crippen LogP contribution in [0.1, 0.15) is 110 Å². The van der Waals surface area contributed by atoms with Gasteiger partial charge in [0.2, 0.25) is 0 Å². The molecule has 0 aromatic carbocycles. The normalized spacial score (nSPS) is 10.3. The Morgan fingerprint density at radius 1 is 0.619 bits per heavy atom. The molecule has 0 aliphatic rings. The summed E-state index contributed by atoms with van der Waals surface area (Å²) in [5.41, 5.74) is 0. The first-order valence-corrected chi connectivity index (χ1v) is 8.99. The fourth-order valence-corrected chi connectivity index (χ4v) is 2.65. The van der Waals surface area contributed by atoms with E-state index in [1.807, 2.05) is 0 Å². The fourth-order valence-electron chi connectivity index (χ4n) is 2.65. The Morgan fingerprint density at radius 2 is 0.905 bits per heavy atom. The zero-order valence-corrected chi connectivity index (χ0v) is 13.7. The quantitative estimate of drug-likeness (QED) is 0.304. The monoisotopic (exact) mass is 326 g/mol. The first-order valence-electron chi connectivity index (χ1n) is 8.99. The number of carboxylic acids is 1. The van der Waals surface area contributed by atoms with E-state index in [9.17, 15) is 4.79 Å². The van der Waals surface area contributed by atoms with Crippen LogP contribution in [0.15, 0.2) is 0 Å². The summed E-state index contributed by atoms with van der Waals surface area (Å²) in [6.07, 6.45) is 20.2.